The van der Waals surface area contributed by atoms with E-state index >= 15 is 0 Å². The highest BCUT2D eigenvalue weighted by Crippen LogP contribution is 2.22. The van der Waals surface area contributed by atoms with Gasteiger partial charge in [-0.15, -0.1) is 0 Å². The van der Waals surface area contributed by atoms with Crippen LogP contribution in [0.25, 0.3) is 0 Å². The minimum atomic E-state index is 0.636. The Morgan fingerprint density at radius 3 is 2.65 bits per heavy atom. The Kier molecular flexibility index (Phi) is 4.89. The van der Waals surface area contributed by atoms with E-state index in [1.54, 1.807) is 6.07 Å². The topological polar surface area (TPSA) is 35.8 Å². The van der Waals surface area contributed by atoms with Gasteiger partial charge in [0.05, 0.1) is 11.3 Å². The fourth-order valence-corrected chi connectivity index (χ4v) is 2.46. The van der Waals surface area contributed by atoms with Gasteiger partial charge in [0.15, 0.2) is 0 Å². The van der Waals surface area contributed by atoms with E-state index in [-0.39, 0.29) is 0 Å². The molecule has 0 atom stereocenters. The molecule has 1 N–H and O–H groups in total. The third kappa shape index (κ3) is 3.66. The van der Waals surface area contributed by atoms with Crippen molar-refractivity contribution in [2.24, 2.45) is 0 Å². The molecular formula is C16H14Cl2N2. The molecule has 2 aromatic carbocycles. The number of rotatable bonds is 4. The zero-order valence-corrected chi connectivity index (χ0v) is 12.6. The van der Waals surface area contributed by atoms with E-state index in [4.69, 9.17) is 28.5 Å². The summed E-state index contributed by atoms with van der Waals surface area (Å²) in [6.07, 6.45) is 0.773. The van der Waals surface area contributed by atoms with Gasteiger partial charge in [-0.1, -0.05) is 35.3 Å². The number of aryl methyl sites for hydroxylation is 1. The molecular weight excluding hydrogens is 291 g/mol. The summed E-state index contributed by atoms with van der Waals surface area (Å²) in [4.78, 5) is 0. The van der Waals surface area contributed by atoms with Gasteiger partial charge in [-0.2, -0.15) is 5.26 Å². The number of halogens is 2. The van der Waals surface area contributed by atoms with E-state index < -0.39 is 0 Å². The van der Waals surface area contributed by atoms with Crippen LogP contribution in [-0.2, 0) is 6.42 Å². The Labute approximate surface area is 128 Å². The van der Waals surface area contributed by atoms with Gasteiger partial charge in [0.2, 0.25) is 0 Å². The van der Waals surface area contributed by atoms with Crippen molar-refractivity contribution in [2.75, 3.05) is 11.9 Å². The molecule has 0 aliphatic rings. The second kappa shape index (κ2) is 6.65. The van der Waals surface area contributed by atoms with Crippen LogP contribution < -0.4 is 5.32 Å². The molecule has 2 rings (SSSR count). The molecule has 0 fully saturated rings. The summed E-state index contributed by atoms with van der Waals surface area (Å²) in [5.41, 5.74) is 3.67. The average Bonchev–Trinajstić information content (AvgIpc) is 2.41. The third-order valence-electron chi connectivity index (χ3n) is 3.02. The van der Waals surface area contributed by atoms with E-state index in [1.165, 1.54) is 0 Å². The number of nitrogens with one attached hydrogen (secondary N) is 1. The Hall–Kier alpha value is -1.69. The first-order chi connectivity index (χ1) is 9.60. The third-order valence-corrected chi connectivity index (χ3v) is 3.61. The lowest BCUT2D eigenvalue weighted by Crippen LogP contribution is -2.06. The number of hydrogen-bond acceptors (Lipinski definition) is 2. The quantitative estimate of drug-likeness (QED) is 0.878. The number of benzene rings is 2. The highest BCUT2D eigenvalue weighted by atomic mass is 35.5. The molecule has 102 valence electrons. The van der Waals surface area contributed by atoms with Crippen LogP contribution in [0.5, 0.6) is 0 Å². The predicted molar refractivity (Wildman–Crippen MR) is 84.5 cm³/mol. The molecule has 4 heteroatoms. The van der Waals surface area contributed by atoms with Crippen molar-refractivity contribution in [3.05, 3.63) is 63.1 Å². The SMILES string of the molecule is Cc1ccc(C#N)c(NCCc2ccc(Cl)cc2Cl)c1. The van der Waals surface area contributed by atoms with Crippen LogP contribution in [0.1, 0.15) is 16.7 Å². The monoisotopic (exact) mass is 304 g/mol. The Morgan fingerprint density at radius 1 is 1.15 bits per heavy atom. The largest absolute Gasteiger partial charge is 0.384 e. The van der Waals surface area contributed by atoms with Crippen LogP contribution in [-0.4, -0.2) is 6.54 Å². The van der Waals surface area contributed by atoms with Crippen molar-refractivity contribution in [3.8, 4) is 6.07 Å². The van der Waals surface area contributed by atoms with Crippen molar-refractivity contribution in [2.45, 2.75) is 13.3 Å². The van der Waals surface area contributed by atoms with Crippen molar-refractivity contribution in [1.82, 2.24) is 0 Å². The van der Waals surface area contributed by atoms with Crippen LogP contribution >= 0.6 is 23.2 Å². The molecule has 0 spiro atoms. The Morgan fingerprint density at radius 2 is 1.95 bits per heavy atom. The highest BCUT2D eigenvalue weighted by Gasteiger charge is 2.04. The molecule has 0 unspecified atom stereocenters. The van der Waals surface area contributed by atoms with Crippen molar-refractivity contribution in [1.29, 1.82) is 5.26 Å². The molecule has 0 heterocycles. The molecule has 0 aliphatic heterocycles. The van der Waals surface area contributed by atoms with E-state index in [0.29, 0.717) is 22.2 Å². The summed E-state index contributed by atoms with van der Waals surface area (Å²) in [6.45, 7) is 2.71. The number of nitrogens with zero attached hydrogens (tertiary/aromatic N) is 1. The highest BCUT2D eigenvalue weighted by molar-refractivity contribution is 6.35. The standard InChI is InChI=1S/C16H14Cl2N2/c1-11-2-3-13(10-19)16(8-11)20-7-6-12-4-5-14(17)9-15(12)18/h2-5,8-9,20H,6-7H2,1H3. The van der Waals surface area contributed by atoms with E-state index in [9.17, 15) is 0 Å². The second-order valence-corrected chi connectivity index (χ2v) is 5.42. The lowest BCUT2D eigenvalue weighted by Gasteiger charge is -2.10. The zero-order valence-electron chi connectivity index (χ0n) is 11.1. The van der Waals surface area contributed by atoms with Crippen molar-refractivity contribution < 1.29 is 0 Å². The first-order valence-electron chi connectivity index (χ1n) is 6.28. The van der Waals surface area contributed by atoms with Crippen molar-refractivity contribution >= 4 is 28.9 Å². The van der Waals surface area contributed by atoms with Crippen molar-refractivity contribution in [3.63, 3.8) is 0 Å². The number of anilines is 1. The van der Waals surface area contributed by atoms with Gasteiger partial charge in [0, 0.05) is 16.6 Å². The predicted octanol–water partition coefficient (Wildman–Crippen LogP) is 4.83. The summed E-state index contributed by atoms with van der Waals surface area (Å²) in [5, 5.41) is 13.7. The smallest absolute Gasteiger partial charge is 0.101 e. The van der Waals surface area contributed by atoms with Crippen LogP contribution in [0.3, 0.4) is 0 Å². The first kappa shape index (κ1) is 14.7. The number of nitriles is 1. The van der Waals surface area contributed by atoms with E-state index in [2.05, 4.69) is 11.4 Å². The van der Waals surface area contributed by atoms with Gasteiger partial charge in [0.25, 0.3) is 0 Å². The lowest BCUT2D eigenvalue weighted by atomic mass is 10.1. The fraction of sp³-hybridized carbons (Fsp3) is 0.188. The Bertz CT molecular complexity index is 660. The zero-order chi connectivity index (χ0) is 14.5. The molecule has 0 amide bonds. The maximum Gasteiger partial charge on any atom is 0.101 e. The molecule has 0 aliphatic carbocycles. The molecule has 0 saturated carbocycles. The van der Waals surface area contributed by atoms with Gasteiger partial charge < -0.3 is 5.32 Å². The van der Waals surface area contributed by atoms with Gasteiger partial charge in [0.1, 0.15) is 6.07 Å². The summed E-state index contributed by atoms with van der Waals surface area (Å²) in [7, 11) is 0. The lowest BCUT2D eigenvalue weighted by molar-refractivity contribution is 1.02. The Balaban J connectivity index is 2.03. The van der Waals surface area contributed by atoms with Crippen LogP contribution in [0.15, 0.2) is 36.4 Å². The average molecular weight is 305 g/mol. The minimum Gasteiger partial charge on any atom is -0.384 e. The summed E-state index contributed by atoms with van der Waals surface area (Å²) < 4.78 is 0. The summed E-state index contributed by atoms with van der Waals surface area (Å²) in [6, 6.07) is 13.4. The van der Waals surface area contributed by atoms with Crippen LogP contribution in [0, 0.1) is 18.3 Å². The van der Waals surface area contributed by atoms with Gasteiger partial charge in [-0.3, -0.25) is 0 Å². The second-order valence-electron chi connectivity index (χ2n) is 4.57. The molecule has 0 bridgehead atoms. The number of hydrogen-bond donors (Lipinski definition) is 1. The van der Waals surface area contributed by atoms with Gasteiger partial charge in [-0.25, -0.2) is 0 Å². The molecule has 0 radical (unpaired) electrons. The summed E-state index contributed by atoms with van der Waals surface area (Å²) >= 11 is 12.0. The van der Waals surface area contributed by atoms with Crippen LogP contribution in [0.2, 0.25) is 10.0 Å². The summed E-state index contributed by atoms with van der Waals surface area (Å²) in [5.74, 6) is 0. The maximum atomic E-state index is 9.07. The van der Waals surface area contributed by atoms with Gasteiger partial charge in [-0.05, 0) is 48.7 Å². The van der Waals surface area contributed by atoms with E-state index in [1.807, 2.05) is 37.3 Å². The molecule has 2 aromatic rings. The first-order valence-corrected chi connectivity index (χ1v) is 7.04. The van der Waals surface area contributed by atoms with E-state index in [0.717, 1.165) is 23.2 Å². The fourth-order valence-electron chi connectivity index (χ4n) is 1.96. The molecule has 0 saturated heterocycles. The normalized spacial score (nSPS) is 10.1. The molecule has 20 heavy (non-hydrogen) atoms. The van der Waals surface area contributed by atoms with Crippen LogP contribution in [0.4, 0.5) is 5.69 Å². The molecule has 0 aromatic heterocycles. The minimum absolute atomic E-state index is 0.636. The maximum absolute atomic E-state index is 9.07. The van der Waals surface area contributed by atoms with Gasteiger partial charge >= 0.3 is 0 Å². The molecule has 2 nitrogen and oxygen atoms in total.